The second-order valence-electron chi connectivity index (χ2n) is 9.56. The summed E-state index contributed by atoms with van der Waals surface area (Å²) in [7, 11) is 0. The lowest BCUT2D eigenvalue weighted by Gasteiger charge is -2.41. The molecule has 1 aliphatic rings. The van der Waals surface area contributed by atoms with Crippen LogP contribution in [0.2, 0.25) is 0 Å². The number of phenolic OH excluding ortho intramolecular Hbond substituents is 1. The van der Waals surface area contributed by atoms with Crippen LogP contribution >= 0.6 is 0 Å². The quantitative estimate of drug-likeness (QED) is 0.439. The Bertz CT molecular complexity index is 1240. The summed E-state index contributed by atoms with van der Waals surface area (Å²) in [6.45, 7) is 3.63. The lowest BCUT2D eigenvalue weighted by atomic mass is 9.69. The molecule has 0 saturated heterocycles. The zero-order chi connectivity index (χ0) is 24.7. The summed E-state index contributed by atoms with van der Waals surface area (Å²) in [5, 5.41) is 22.4. The normalized spacial score (nSPS) is 16.0. The highest BCUT2D eigenvalue weighted by atomic mass is 19.1. The number of carbonyl (C=O) groups is 1. The molecule has 0 amide bonds. The minimum atomic E-state index is -1.69. The number of benzene rings is 3. The molecule has 0 radical (unpaired) electrons. The molecule has 0 aliphatic carbocycles. The van der Waals surface area contributed by atoms with Crippen LogP contribution in [0.3, 0.4) is 0 Å². The van der Waals surface area contributed by atoms with Crippen molar-refractivity contribution < 1.29 is 28.5 Å². The Balaban J connectivity index is 1.76. The van der Waals surface area contributed by atoms with E-state index < -0.39 is 34.7 Å². The fraction of sp³-hybridized carbons (Fsp3) is 0.296. The number of cyclic esters (lactones) is 1. The minimum Gasteiger partial charge on any atom is -0.508 e. The third kappa shape index (κ3) is 4.54. The molecule has 1 aliphatic heterocycles. The van der Waals surface area contributed by atoms with E-state index in [9.17, 15) is 23.8 Å². The van der Waals surface area contributed by atoms with Crippen molar-refractivity contribution in [1.29, 1.82) is 0 Å². The zero-order valence-electron chi connectivity index (χ0n) is 19.0. The molecule has 2 unspecified atom stereocenters. The van der Waals surface area contributed by atoms with E-state index in [0.717, 1.165) is 6.07 Å². The number of carbonyl (C=O) groups excluding carboxylic acids is 1. The van der Waals surface area contributed by atoms with Crippen molar-refractivity contribution in [2.45, 2.75) is 50.4 Å². The second-order valence-corrected chi connectivity index (χ2v) is 9.56. The van der Waals surface area contributed by atoms with Gasteiger partial charge in [-0.2, -0.15) is 0 Å². The number of aromatic hydroxyl groups is 1. The van der Waals surface area contributed by atoms with Gasteiger partial charge in [-0.3, -0.25) is 0 Å². The van der Waals surface area contributed by atoms with Gasteiger partial charge in [0, 0.05) is 17.5 Å². The third-order valence-electron chi connectivity index (χ3n) is 6.54. The number of ether oxygens (including phenoxy) is 1. The Morgan fingerprint density at radius 2 is 1.82 bits per heavy atom. The number of hydrogen-bond donors (Lipinski definition) is 3. The number of halogens is 2. The lowest BCUT2D eigenvalue weighted by Crippen LogP contribution is -2.47. The van der Waals surface area contributed by atoms with Crippen LogP contribution in [0.1, 0.15) is 58.9 Å². The third-order valence-corrected chi connectivity index (χ3v) is 6.54. The highest BCUT2D eigenvalue weighted by Gasteiger charge is 2.43. The van der Waals surface area contributed by atoms with Crippen LogP contribution in [-0.2, 0) is 23.2 Å². The van der Waals surface area contributed by atoms with E-state index in [0.29, 0.717) is 22.3 Å². The number of fused-ring (bicyclic) bond motifs is 1. The van der Waals surface area contributed by atoms with Crippen LogP contribution in [0.5, 0.6) is 5.75 Å². The van der Waals surface area contributed by atoms with Crippen LogP contribution < -0.4 is 5.73 Å². The molecule has 1 heterocycles. The molecule has 4 rings (SSSR count). The monoisotopic (exact) mass is 467 g/mol. The summed E-state index contributed by atoms with van der Waals surface area (Å²) in [6, 6.07) is 13.7. The zero-order valence-corrected chi connectivity index (χ0v) is 19.0. The van der Waals surface area contributed by atoms with E-state index in [1.54, 1.807) is 50.2 Å². The fourth-order valence-corrected chi connectivity index (χ4v) is 4.82. The van der Waals surface area contributed by atoms with Crippen molar-refractivity contribution in [1.82, 2.24) is 0 Å². The second kappa shape index (κ2) is 8.81. The van der Waals surface area contributed by atoms with Gasteiger partial charge < -0.3 is 20.7 Å². The predicted octanol–water partition coefficient (Wildman–Crippen LogP) is 4.68. The van der Waals surface area contributed by atoms with E-state index in [1.165, 1.54) is 18.2 Å². The van der Waals surface area contributed by atoms with Gasteiger partial charge in [-0.1, -0.05) is 38.1 Å². The van der Waals surface area contributed by atoms with Crippen LogP contribution in [0.15, 0.2) is 60.7 Å². The van der Waals surface area contributed by atoms with Crippen LogP contribution in [-0.4, -0.2) is 21.8 Å². The Kier molecular flexibility index (Phi) is 6.18. The largest absolute Gasteiger partial charge is 0.508 e. The van der Waals surface area contributed by atoms with Crippen molar-refractivity contribution >= 4 is 5.97 Å². The summed E-state index contributed by atoms with van der Waals surface area (Å²) in [4.78, 5) is 11.8. The van der Waals surface area contributed by atoms with Gasteiger partial charge in [0.25, 0.3) is 0 Å². The Labute approximate surface area is 196 Å². The number of phenols is 1. The van der Waals surface area contributed by atoms with Crippen LogP contribution in [0.4, 0.5) is 8.78 Å². The van der Waals surface area contributed by atoms with Gasteiger partial charge in [0.2, 0.25) is 0 Å². The molecule has 0 bridgehead atoms. The number of hydrogen-bond acceptors (Lipinski definition) is 5. The molecule has 0 fully saturated rings. The molecule has 0 spiro atoms. The predicted molar refractivity (Wildman–Crippen MR) is 123 cm³/mol. The van der Waals surface area contributed by atoms with Gasteiger partial charge in [0.05, 0.1) is 17.2 Å². The topological polar surface area (TPSA) is 92.8 Å². The molecule has 3 aromatic rings. The van der Waals surface area contributed by atoms with Gasteiger partial charge in [-0.05, 0) is 59.4 Å². The Morgan fingerprint density at radius 3 is 2.56 bits per heavy atom. The Morgan fingerprint density at radius 1 is 1.09 bits per heavy atom. The van der Waals surface area contributed by atoms with Crippen molar-refractivity contribution in [3.63, 3.8) is 0 Å². The molecule has 0 saturated carbocycles. The van der Waals surface area contributed by atoms with Crippen LogP contribution in [0.25, 0.3) is 0 Å². The van der Waals surface area contributed by atoms with E-state index in [1.807, 2.05) is 0 Å². The van der Waals surface area contributed by atoms with Gasteiger partial charge >= 0.3 is 5.97 Å². The van der Waals surface area contributed by atoms with E-state index in [4.69, 9.17) is 10.5 Å². The molecule has 4 N–H and O–H groups in total. The van der Waals surface area contributed by atoms with Gasteiger partial charge in [0.15, 0.2) is 0 Å². The molecule has 5 nitrogen and oxygen atoms in total. The first kappa shape index (κ1) is 23.9. The highest BCUT2D eigenvalue weighted by Crippen LogP contribution is 2.43. The molecule has 178 valence electrons. The fourth-order valence-electron chi connectivity index (χ4n) is 4.82. The molecule has 34 heavy (non-hydrogen) atoms. The van der Waals surface area contributed by atoms with Gasteiger partial charge in [-0.25, -0.2) is 13.6 Å². The van der Waals surface area contributed by atoms with E-state index in [-0.39, 0.29) is 30.8 Å². The van der Waals surface area contributed by atoms with Gasteiger partial charge in [0.1, 0.15) is 24.0 Å². The number of nitrogens with two attached hydrogens (primary N) is 1. The average molecular weight is 468 g/mol. The molecular formula is C27H27F2NO4. The molecule has 7 heteroatoms. The maximum absolute atomic E-state index is 14.6. The summed E-state index contributed by atoms with van der Waals surface area (Å²) in [5.41, 5.74) is 6.23. The van der Waals surface area contributed by atoms with Crippen molar-refractivity contribution in [3.05, 3.63) is 100 Å². The average Bonchev–Trinajstić information content (AvgIpc) is 3.16. The molecule has 0 aromatic heterocycles. The molecular weight excluding hydrogens is 440 g/mol. The summed E-state index contributed by atoms with van der Waals surface area (Å²) in [5.74, 6) is -1.53. The summed E-state index contributed by atoms with van der Waals surface area (Å²) >= 11 is 0. The lowest BCUT2D eigenvalue weighted by molar-refractivity contribution is -0.0126. The SMILES string of the molecule is CC(C)(CC(O)(Cc1ccccc1F)C(N)c1ccc2c(c1)COC2=O)c1cc(F)ccc1O. The minimum absolute atomic E-state index is 0.0149. The molecule has 2 atom stereocenters. The standard InChI is InChI=1S/C27H27F2NO4/c1-26(2,21-12-19(28)8-10-23(21)31)15-27(33,13-17-5-3-4-6-22(17)29)24(30)16-7-9-20-18(11-16)14-34-25(20)32/h3-12,24,31,33H,13-15,30H2,1-2H3. The first-order valence-electron chi connectivity index (χ1n) is 11.0. The van der Waals surface area contributed by atoms with E-state index >= 15 is 0 Å². The first-order chi connectivity index (χ1) is 16.0. The van der Waals surface area contributed by atoms with Crippen molar-refractivity contribution in [2.24, 2.45) is 5.73 Å². The number of esters is 1. The van der Waals surface area contributed by atoms with Crippen LogP contribution in [0, 0.1) is 11.6 Å². The summed E-state index contributed by atoms with van der Waals surface area (Å²) in [6.07, 6.45) is -0.133. The van der Waals surface area contributed by atoms with E-state index in [2.05, 4.69) is 0 Å². The molecule has 3 aromatic carbocycles. The first-order valence-corrected chi connectivity index (χ1v) is 11.0. The Hall–Kier alpha value is -3.29. The number of rotatable bonds is 7. The smallest absolute Gasteiger partial charge is 0.338 e. The van der Waals surface area contributed by atoms with Crippen molar-refractivity contribution in [2.75, 3.05) is 0 Å². The van der Waals surface area contributed by atoms with Gasteiger partial charge in [-0.15, -0.1) is 0 Å². The van der Waals surface area contributed by atoms with Crippen molar-refractivity contribution in [3.8, 4) is 5.75 Å². The highest BCUT2D eigenvalue weighted by molar-refractivity contribution is 5.93. The summed E-state index contributed by atoms with van der Waals surface area (Å²) < 4.78 is 33.7. The maximum Gasteiger partial charge on any atom is 0.338 e. The maximum atomic E-state index is 14.6. The number of aliphatic hydroxyl groups is 1.